The van der Waals surface area contributed by atoms with Gasteiger partial charge >= 0.3 is 0 Å². The molecule has 1 aliphatic rings. The topological polar surface area (TPSA) is 26.0 Å². The molecule has 1 aromatic carbocycles. The number of hydrogen-bond acceptors (Lipinski definition) is 1. The van der Waals surface area contributed by atoms with Crippen LogP contribution in [0.15, 0.2) is 18.2 Å². The quantitative estimate of drug-likeness (QED) is 0.799. The highest BCUT2D eigenvalue weighted by atomic mass is 35.5. The Morgan fingerprint density at radius 1 is 1.14 bits per heavy atom. The summed E-state index contributed by atoms with van der Waals surface area (Å²) < 4.78 is 0. The molecule has 1 aliphatic carbocycles. The van der Waals surface area contributed by atoms with Crippen molar-refractivity contribution >= 4 is 12.4 Å². The average molecular weight is 212 g/mol. The minimum atomic E-state index is 0. The fraction of sp³-hybridized carbons (Fsp3) is 0.500. The lowest BCUT2D eigenvalue weighted by molar-refractivity contribution is 0.632. The first-order chi connectivity index (χ1) is 6.16. The zero-order valence-electron chi connectivity index (χ0n) is 8.79. The van der Waals surface area contributed by atoms with Crippen LogP contribution in [0.4, 0.5) is 0 Å². The van der Waals surface area contributed by atoms with Crippen LogP contribution in [0.2, 0.25) is 0 Å². The second-order valence-electron chi connectivity index (χ2n) is 4.28. The zero-order valence-corrected chi connectivity index (χ0v) is 9.60. The van der Waals surface area contributed by atoms with E-state index in [-0.39, 0.29) is 18.4 Å². The average Bonchev–Trinajstić information content (AvgIpc) is 2.83. The van der Waals surface area contributed by atoms with Gasteiger partial charge in [0.2, 0.25) is 0 Å². The van der Waals surface area contributed by atoms with Crippen molar-refractivity contribution in [1.29, 1.82) is 0 Å². The standard InChI is InChI=1S/C12H17N.ClH/c1-8-5-9(2)7-11(6-8)12(13)10-3-4-10;/h5-7,10,12H,3-4,13H2,1-2H3;1H/t12-;/m0./s1. The van der Waals surface area contributed by atoms with E-state index in [1.807, 2.05) is 0 Å². The van der Waals surface area contributed by atoms with E-state index in [1.54, 1.807) is 0 Å². The largest absolute Gasteiger partial charge is 0.324 e. The van der Waals surface area contributed by atoms with Crippen molar-refractivity contribution in [3.63, 3.8) is 0 Å². The smallest absolute Gasteiger partial charge is 0.0323 e. The van der Waals surface area contributed by atoms with Crippen LogP contribution in [-0.4, -0.2) is 0 Å². The lowest BCUT2D eigenvalue weighted by Crippen LogP contribution is -2.12. The van der Waals surface area contributed by atoms with Gasteiger partial charge in [-0.25, -0.2) is 0 Å². The number of halogens is 1. The Kier molecular flexibility index (Phi) is 3.57. The molecule has 0 heterocycles. The number of aryl methyl sites for hydroxylation is 2. The summed E-state index contributed by atoms with van der Waals surface area (Å²) in [6.45, 7) is 4.27. The molecule has 0 saturated heterocycles. The summed E-state index contributed by atoms with van der Waals surface area (Å²) >= 11 is 0. The van der Waals surface area contributed by atoms with Gasteiger partial charge in [-0.3, -0.25) is 0 Å². The Morgan fingerprint density at radius 2 is 1.64 bits per heavy atom. The highest BCUT2D eigenvalue weighted by Gasteiger charge is 2.29. The van der Waals surface area contributed by atoms with Crippen molar-refractivity contribution in [2.24, 2.45) is 11.7 Å². The molecule has 1 fully saturated rings. The first-order valence-electron chi connectivity index (χ1n) is 5.00. The molecule has 78 valence electrons. The van der Waals surface area contributed by atoms with Gasteiger partial charge in [0.15, 0.2) is 0 Å². The Morgan fingerprint density at radius 3 is 2.07 bits per heavy atom. The fourth-order valence-corrected chi connectivity index (χ4v) is 1.93. The van der Waals surface area contributed by atoms with E-state index in [9.17, 15) is 0 Å². The Bertz CT molecular complexity index is 298. The molecule has 2 N–H and O–H groups in total. The van der Waals surface area contributed by atoms with Gasteiger partial charge in [-0.2, -0.15) is 0 Å². The van der Waals surface area contributed by atoms with E-state index in [2.05, 4.69) is 32.0 Å². The second-order valence-corrected chi connectivity index (χ2v) is 4.28. The number of hydrogen-bond donors (Lipinski definition) is 1. The van der Waals surface area contributed by atoms with Crippen molar-refractivity contribution in [3.05, 3.63) is 34.9 Å². The van der Waals surface area contributed by atoms with Crippen LogP contribution in [0.5, 0.6) is 0 Å². The maximum Gasteiger partial charge on any atom is 0.0323 e. The normalized spacial score (nSPS) is 17.4. The lowest BCUT2D eigenvalue weighted by atomic mass is 9.99. The van der Waals surface area contributed by atoms with Gasteiger partial charge < -0.3 is 5.73 Å². The van der Waals surface area contributed by atoms with Crippen LogP contribution >= 0.6 is 12.4 Å². The van der Waals surface area contributed by atoms with Gasteiger partial charge in [0.05, 0.1) is 0 Å². The molecule has 0 aliphatic heterocycles. The highest BCUT2D eigenvalue weighted by molar-refractivity contribution is 5.85. The van der Waals surface area contributed by atoms with Gasteiger partial charge in [-0.1, -0.05) is 29.3 Å². The van der Waals surface area contributed by atoms with E-state index in [4.69, 9.17) is 5.73 Å². The third-order valence-electron chi connectivity index (χ3n) is 2.76. The van der Waals surface area contributed by atoms with Crippen LogP contribution in [0.3, 0.4) is 0 Å². The molecule has 1 saturated carbocycles. The van der Waals surface area contributed by atoms with Crippen LogP contribution in [0.1, 0.15) is 35.6 Å². The summed E-state index contributed by atoms with van der Waals surface area (Å²) in [4.78, 5) is 0. The molecule has 2 heteroatoms. The van der Waals surface area contributed by atoms with Crippen LogP contribution in [0.25, 0.3) is 0 Å². The molecule has 0 amide bonds. The maximum absolute atomic E-state index is 6.14. The van der Waals surface area contributed by atoms with Crippen molar-refractivity contribution in [3.8, 4) is 0 Å². The maximum atomic E-state index is 6.14. The third kappa shape index (κ3) is 2.49. The van der Waals surface area contributed by atoms with E-state index in [0.29, 0.717) is 0 Å². The van der Waals surface area contributed by atoms with E-state index in [0.717, 1.165) is 5.92 Å². The highest BCUT2D eigenvalue weighted by Crippen LogP contribution is 2.39. The molecule has 1 nitrogen and oxygen atoms in total. The molecule has 14 heavy (non-hydrogen) atoms. The second kappa shape index (κ2) is 4.33. The van der Waals surface area contributed by atoms with Gasteiger partial charge in [-0.15, -0.1) is 12.4 Å². The third-order valence-corrected chi connectivity index (χ3v) is 2.76. The monoisotopic (exact) mass is 211 g/mol. The van der Waals surface area contributed by atoms with Gasteiger partial charge in [0.25, 0.3) is 0 Å². The Balaban J connectivity index is 0.000000980. The molecular formula is C12H18ClN. The summed E-state index contributed by atoms with van der Waals surface area (Å²) in [6, 6.07) is 6.91. The van der Waals surface area contributed by atoms with Crippen LogP contribution in [0, 0.1) is 19.8 Å². The zero-order chi connectivity index (χ0) is 9.42. The van der Waals surface area contributed by atoms with E-state index >= 15 is 0 Å². The summed E-state index contributed by atoms with van der Waals surface area (Å²) in [5.74, 6) is 0.751. The Hall–Kier alpha value is -0.530. The summed E-state index contributed by atoms with van der Waals surface area (Å²) in [5, 5.41) is 0. The molecule has 2 rings (SSSR count). The molecule has 0 bridgehead atoms. The first kappa shape index (κ1) is 11.5. The molecule has 1 atom stereocenters. The van der Waals surface area contributed by atoms with Crippen LogP contribution in [-0.2, 0) is 0 Å². The predicted octanol–water partition coefficient (Wildman–Crippen LogP) is 3.14. The molecule has 0 radical (unpaired) electrons. The van der Waals surface area contributed by atoms with Crippen molar-refractivity contribution < 1.29 is 0 Å². The van der Waals surface area contributed by atoms with Crippen molar-refractivity contribution in [1.82, 2.24) is 0 Å². The van der Waals surface area contributed by atoms with E-state index in [1.165, 1.54) is 29.5 Å². The fourth-order valence-electron chi connectivity index (χ4n) is 1.93. The first-order valence-corrected chi connectivity index (χ1v) is 5.00. The summed E-state index contributed by atoms with van der Waals surface area (Å²) in [6.07, 6.45) is 2.63. The van der Waals surface area contributed by atoms with Gasteiger partial charge in [0, 0.05) is 6.04 Å². The minimum absolute atomic E-state index is 0. The predicted molar refractivity (Wildman–Crippen MR) is 62.8 cm³/mol. The van der Waals surface area contributed by atoms with Gasteiger partial charge in [0.1, 0.15) is 0 Å². The molecule has 1 aromatic rings. The van der Waals surface area contributed by atoms with Gasteiger partial charge in [-0.05, 0) is 38.2 Å². The number of nitrogens with two attached hydrogens (primary N) is 1. The van der Waals surface area contributed by atoms with Crippen molar-refractivity contribution in [2.45, 2.75) is 32.7 Å². The molecule has 0 aromatic heterocycles. The Labute approximate surface area is 92.1 Å². The van der Waals surface area contributed by atoms with Crippen molar-refractivity contribution in [2.75, 3.05) is 0 Å². The molecule has 0 unspecified atom stereocenters. The number of benzene rings is 1. The summed E-state index contributed by atoms with van der Waals surface area (Å²) in [7, 11) is 0. The minimum Gasteiger partial charge on any atom is -0.324 e. The summed E-state index contributed by atoms with van der Waals surface area (Å²) in [5.41, 5.74) is 10.1. The number of rotatable bonds is 2. The SMILES string of the molecule is Cc1cc(C)cc([C@@H](N)C2CC2)c1.Cl. The lowest BCUT2D eigenvalue weighted by Gasteiger charge is -2.12. The van der Waals surface area contributed by atoms with E-state index < -0.39 is 0 Å². The van der Waals surface area contributed by atoms with Crippen LogP contribution < -0.4 is 5.73 Å². The molecule has 0 spiro atoms. The molecular weight excluding hydrogens is 194 g/mol.